The molecular weight excluding hydrogens is 240 g/mol. The van der Waals surface area contributed by atoms with Crippen molar-refractivity contribution < 1.29 is 9.53 Å². The lowest BCUT2D eigenvalue weighted by atomic mass is 10.0. The van der Waals surface area contributed by atoms with Crippen LogP contribution in [0.5, 0.6) is 0 Å². The van der Waals surface area contributed by atoms with Gasteiger partial charge in [0.2, 0.25) is 0 Å². The Kier molecular flexibility index (Phi) is 4.26. The topological polar surface area (TPSA) is 65.2 Å². The summed E-state index contributed by atoms with van der Waals surface area (Å²) in [4.78, 5) is 15.2. The van der Waals surface area contributed by atoms with Gasteiger partial charge in [-0.05, 0) is 35.2 Å². The van der Waals surface area contributed by atoms with Gasteiger partial charge < -0.3 is 10.5 Å². The van der Waals surface area contributed by atoms with Gasteiger partial charge in [-0.15, -0.1) is 0 Å². The second-order valence-electron chi connectivity index (χ2n) is 4.27. The van der Waals surface area contributed by atoms with E-state index in [-0.39, 0.29) is 0 Å². The van der Waals surface area contributed by atoms with Gasteiger partial charge in [-0.1, -0.05) is 24.3 Å². The van der Waals surface area contributed by atoms with Crippen LogP contribution in [0, 0.1) is 0 Å². The van der Waals surface area contributed by atoms with Crippen LogP contribution in [0.1, 0.15) is 5.56 Å². The number of carbonyl (C=O) groups is 1. The van der Waals surface area contributed by atoms with E-state index in [1.165, 1.54) is 7.11 Å². The second-order valence-corrected chi connectivity index (χ2v) is 4.27. The molecule has 2 rings (SSSR count). The van der Waals surface area contributed by atoms with Crippen LogP contribution in [-0.2, 0) is 16.0 Å². The summed E-state index contributed by atoms with van der Waals surface area (Å²) in [6, 6.07) is 11.3. The van der Waals surface area contributed by atoms with Crippen LogP contribution >= 0.6 is 0 Å². The predicted molar refractivity (Wildman–Crippen MR) is 73.4 cm³/mol. The molecule has 1 unspecified atom stereocenters. The molecule has 1 atom stereocenters. The summed E-state index contributed by atoms with van der Waals surface area (Å²) in [5.74, 6) is -0.391. The number of rotatable bonds is 4. The molecule has 0 radical (unpaired) electrons. The highest BCUT2D eigenvalue weighted by Crippen LogP contribution is 2.19. The number of nitrogens with zero attached hydrogens (tertiary/aromatic N) is 1. The van der Waals surface area contributed by atoms with Crippen molar-refractivity contribution in [3.8, 4) is 11.1 Å². The number of nitrogens with two attached hydrogens (primary N) is 1. The standard InChI is InChI=1S/C15H16N2O2/c1-19-15(18)14(16)10-11-2-4-12(5-3-11)13-6-8-17-9-7-13/h2-9,14H,10,16H2,1H3. The third kappa shape index (κ3) is 3.39. The molecule has 0 bridgehead atoms. The number of carbonyl (C=O) groups excluding carboxylic acids is 1. The largest absolute Gasteiger partial charge is 0.468 e. The maximum Gasteiger partial charge on any atom is 0.322 e. The molecule has 4 nitrogen and oxygen atoms in total. The summed E-state index contributed by atoms with van der Waals surface area (Å²) in [6.07, 6.45) is 4.00. The fourth-order valence-electron chi connectivity index (χ4n) is 1.87. The first kappa shape index (κ1) is 13.2. The molecule has 0 aliphatic carbocycles. The molecule has 0 aliphatic heterocycles. The van der Waals surface area contributed by atoms with Gasteiger partial charge in [0.1, 0.15) is 6.04 Å². The molecule has 4 heteroatoms. The molecular formula is C15H16N2O2. The average Bonchev–Trinajstić information content (AvgIpc) is 2.48. The van der Waals surface area contributed by atoms with Gasteiger partial charge in [0.15, 0.2) is 0 Å². The molecule has 0 saturated carbocycles. The Hall–Kier alpha value is -2.20. The van der Waals surface area contributed by atoms with E-state index in [0.29, 0.717) is 6.42 Å². The average molecular weight is 256 g/mol. The van der Waals surface area contributed by atoms with E-state index in [9.17, 15) is 4.79 Å². The number of benzene rings is 1. The molecule has 0 aliphatic rings. The van der Waals surface area contributed by atoms with Crippen LogP contribution in [-0.4, -0.2) is 24.1 Å². The lowest BCUT2D eigenvalue weighted by Gasteiger charge is -2.09. The highest BCUT2D eigenvalue weighted by Gasteiger charge is 2.13. The van der Waals surface area contributed by atoms with Gasteiger partial charge in [0.25, 0.3) is 0 Å². The minimum Gasteiger partial charge on any atom is -0.468 e. The Morgan fingerprint density at radius 1 is 1.16 bits per heavy atom. The number of hydrogen-bond acceptors (Lipinski definition) is 4. The first-order valence-electron chi connectivity index (χ1n) is 6.03. The van der Waals surface area contributed by atoms with Crippen molar-refractivity contribution in [1.29, 1.82) is 0 Å². The van der Waals surface area contributed by atoms with E-state index in [1.54, 1.807) is 12.4 Å². The predicted octanol–water partition coefficient (Wildman–Crippen LogP) is 1.79. The first-order chi connectivity index (χ1) is 9.20. The SMILES string of the molecule is COC(=O)C(N)Cc1ccc(-c2ccncc2)cc1. The Bertz CT molecular complexity index is 538. The highest BCUT2D eigenvalue weighted by molar-refractivity contribution is 5.75. The maximum absolute atomic E-state index is 11.3. The van der Waals surface area contributed by atoms with Crippen LogP contribution in [0.4, 0.5) is 0 Å². The van der Waals surface area contributed by atoms with Crippen molar-refractivity contribution in [2.24, 2.45) is 5.73 Å². The lowest BCUT2D eigenvalue weighted by Crippen LogP contribution is -2.33. The van der Waals surface area contributed by atoms with Gasteiger partial charge in [0.05, 0.1) is 7.11 Å². The monoisotopic (exact) mass is 256 g/mol. The van der Waals surface area contributed by atoms with Crippen molar-refractivity contribution in [3.63, 3.8) is 0 Å². The second kappa shape index (κ2) is 6.11. The highest BCUT2D eigenvalue weighted by atomic mass is 16.5. The normalized spacial score (nSPS) is 11.9. The molecule has 1 heterocycles. The smallest absolute Gasteiger partial charge is 0.322 e. The Morgan fingerprint density at radius 3 is 2.32 bits per heavy atom. The summed E-state index contributed by atoms with van der Waals surface area (Å²) in [7, 11) is 1.34. The summed E-state index contributed by atoms with van der Waals surface area (Å²) in [6.45, 7) is 0. The molecule has 0 amide bonds. The molecule has 0 saturated heterocycles. The third-order valence-corrected chi connectivity index (χ3v) is 2.93. The van der Waals surface area contributed by atoms with E-state index in [4.69, 9.17) is 5.73 Å². The van der Waals surface area contributed by atoms with E-state index in [0.717, 1.165) is 16.7 Å². The van der Waals surface area contributed by atoms with Crippen LogP contribution in [0.25, 0.3) is 11.1 Å². The van der Waals surface area contributed by atoms with Crippen LogP contribution < -0.4 is 5.73 Å². The zero-order valence-electron chi connectivity index (χ0n) is 10.7. The fraction of sp³-hybridized carbons (Fsp3) is 0.200. The van der Waals surface area contributed by atoms with Crippen molar-refractivity contribution in [3.05, 3.63) is 54.4 Å². The quantitative estimate of drug-likeness (QED) is 0.847. The Balaban J connectivity index is 2.09. The van der Waals surface area contributed by atoms with E-state index < -0.39 is 12.0 Å². The van der Waals surface area contributed by atoms with Gasteiger partial charge in [-0.25, -0.2) is 0 Å². The zero-order chi connectivity index (χ0) is 13.7. The molecule has 2 aromatic rings. The van der Waals surface area contributed by atoms with Crippen LogP contribution in [0.15, 0.2) is 48.8 Å². The minimum absolute atomic E-state index is 0.391. The fourth-order valence-corrected chi connectivity index (χ4v) is 1.87. The van der Waals surface area contributed by atoms with Crippen molar-refractivity contribution in [2.45, 2.75) is 12.5 Å². The van der Waals surface area contributed by atoms with Crippen LogP contribution in [0.3, 0.4) is 0 Å². The number of ether oxygens (including phenoxy) is 1. The summed E-state index contributed by atoms with van der Waals surface area (Å²) in [5.41, 5.74) is 8.96. The Morgan fingerprint density at radius 2 is 1.74 bits per heavy atom. The number of esters is 1. The number of methoxy groups -OCH3 is 1. The molecule has 1 aromatic carbocycles. The lowest BCUT2D eigenvalue weighted by molar-refractivity contribution is -0.142. The molecule has 2 N–H and O–H groups in total. The third-order valence-electron chi connectivity index (χ3n) is 2.93. The van der Waals surface area contributed by atoms with Crippen molar-refractivity contribution in [1.82, 2.24) is 4.98 Å². The molecule has 98 valence electrons. The Labute approximate surface area is 112 Å². The van der Waals surface area contributed by atoms with E-state index in [1.807, 2.05) is 36.4 Å². The van der Waals surface area contributed by atoms with Crippen LogP contribution in [0.2, 0.25) is 0 Å². The zero-order valence-corrected chi connectivity index (χ0v) is 10.7. The molecule has 0 spiro atoms. The summed E-state index contributed by atoms with van der Waals surface area (Å²) in [5, 5.41) is 0. The van der Waals surface area contributed by atoms with Gasteiger partial charge >= 0.3 is 5.97 Å². The summed E-state index contributed by atoms with van der Waals surface area (Å²) >= 11 is 0. The summed E-state index contributed by atoms with van der Waals surface area (Å²) < 4.78 is 4.61. The van der Waals surface area contributed by atoms with Crippen molar-refractivity contribution >= 4 is 5.97 Å². The molecule has 19 heavy (non-hydrogen) atoms. The number of aromatic nitrogens is 1. The van der Waals surface area contributed by atoms with Gasteiger partial charge in [0, 0.05) is 12.4 Å². The van der Waals surface area contributed by atoms with Gasteiger partial charge in [-0.3, -0.25) is 9.78 Å². The number of pyridine rings is 1. The molecule has 1 aromatic heterocycles. The number of hydrogen-bond donors (Lipinski definition) is 1. The van der Waals surface area contributed by atoms with Crippen molar-refractivity contribution in [2.75, 3.05) is 7.11 Å². The van der Waals surface area contributed by atoms with Gasteiger partial charge in [-0.2, -0.15) is 0 Å². The molecule has 0 fully saturated rings. The maximum atomic E-state index is 11.3. The van der Waals surface area contributed by atoms with E-state index >= 15 is 0 Å². The first-order valence-corrected chi connectivity index (χ1v) is 6.03. The minimum atomic E-state index is -0.614. The van der Waals surface area contributed by atoms with E-state index in [2.05, 4.69) is 9.72 Å².